The predicted molar refractivity (Wildman–Crippen MR) is 78.1 cm³/mol. The van der Waals surface area contributed by atoms with E-state index in [4.69, 9.17) is 4.74 Å². The molecule has 0 spiro atoms. The van der Waals surface area contributed by atoms with E-state index in [9.17, 15) is 4.79 Å². The van der Waals surface area contributed by atoms with Crippen LogP contribution in [0.1, 0.15) is 47.5 Å². The number of piperidine rings is 1. The highest BCUT2D eigenvalue weighted by atomic mass is 16.5. The van der Waals surface area contributed by atoms with Crippen molar-refractivity contribution in [2.24, 2.45) is 0 Å². The average Bonchev–Trinajstić information content (AvgIpc) is 2.20. The lowest BCUT2D eigenvalue weighted by atomic mass is 9.79. The summed E-state index contributed by atoms with van der Waals surface area (Å²) < 4.78 is 5.07. The number of allylic oxidation sites excluding steroid dienone is 1. The molecular formula is C15H28N2O2. The van der Waals surface area contributed by atoms with Crippen LogP contribution in [-0.4, -0.2) is 36.2 Å². The van der Waals surface area contributed by atoms with Gasteiger partial charge in [0, 0.05) is 29.7 Å². The topological polar surface area (TPSA) is 50.4 Å². The van der Waals surface area contributed by atoms with Crippen molar-refractivity contribution in [1.82, 2.24) is 10.6 Å². The first-order valence-corrected chi connectivity index (χ1v) is 7.06. The van der Waals surface area contributed by atoms with Crippen molar-refractivity contribution in [2.75, 3.05) is 13.2 Å². The summed E-state index contributed by atoms with van der Waals surface area (Å²) in [7, 11) is 0. The van der Waals surface area contributed by atoms with Crippen LogP contribution in [0.15, 0.2) is 12.2 Å². The Balaban J connectivity index is 2.31. The molecule has 0 bridgehead atoms. The van der Waals surface area contributed by atoms with Gasteiger partial charge in [0.1, 0.15) is 6.61 Å². The van der Waals surface area contributed by atoms with Gasteiger partial charge in [-0.25, -0.2) is 4.79 Å². The molecule has 1 heterocycles. The number of carbonyl (C=O) groups is 1. The van der Waals surface area contributed by atoms with Gasteiger partial charge < -0.3 is 15.4 Å². The van der Waals surface area contributed by atoms with Gasteiger partial charge in [0.2, 0.25) is 0 Å². The third-order valence-corrected chi connectivity index (χ3v) is 3.27. The third-order valence-electron chi connectivity index (χ3n) is 3.27. The summed E-state index contributed by atoms with van der Waals surface area (Å²) in [5, 5.41) is 7.14. The van der Waals surface area contributed by atoms with Gasteiger partial charge in [-0.2, -0.15) is 0 Å². The van der Waals surface area contributed by atoms with Crippen LogP contribution >= 0.6 is 0 Å². The number of hydrogen-bond acceptors (Lipinski definition) is 4. The highest BCUT2D eigenvalue weighted by Crippen LogP contribution is 2.28. The van der Waals surface area contributed by atoms with Gasteiger partial charge >= 0.3 is 5.97 Å². The quantitative estimate of drug-likeness (QED) is 0.455. The minimum absolute atomic E-state index is 0.140. The zero-order valence-electron chi connectivity index (χ0n) is 12.9. The SMILES string of the molecule is C/C=C/C(=O)OCCNC1CC(C)(C)NC(C)(C)C1. The van der Waals surface area contributed by atoms with Crippen LogP contribution in [-0.2, 0) is 9.53 Å². The summed E-state index contributed by atoms with van der Waals surface area (Å²) in [5.41, 5.74) is 0.280. The fourth-order valence-corrected chi connectivity index (χ4v) is 3.07. The Hall–Kier alpha value is -0.870. The van der Waals surface area contributed by atoms with Crippen LogP contribution in [0.4, 0.5) is 0 Å². The van der Waals surface area contributed by atoms with E-state index in [1.807, 2.05) is 0 Å². The number of nitrogens with one attached hydrogen (secondary N) is 2. The molecule has 4 heteroatoms. The van der Waals surface area contributed by atoms with Gasteiger partial charge in [0.15, 0.2) is 0 Å². The molecule has 0 amide bonds. The number of rotatable bonds is 5. The summed E-state index contributed by atoms with van der Waals surface area (Å²) in [6.45, 7) is 11.9. The Morgan fingerprint density at radius 1 is 1.32 bits per heavy atom. The van der Waals surface area contributed by atoms with Gasteiger partial charge in [-0.15, -0.1) is 0 Å². The molecule has 0 aromatic carbocycles. The monoisotopic (exact) mass is 268 g/mol. The predicted octanol–water partition coefficient (Wildman–Crippen LogP) is 2.00. The second-order valence-corrected chi connectivity index (χ2v) is 6.62. The Kier molecular flexibility index (Phi) is 5.56. The molecule has 2 N–H and O–H groups in total. The van der Waals surface area contributed by atoms with E-state index in [1.165, 1.54) is 6.08 Å². The van der Waals surface area contributed by atoms with Gasteiger partial charge in [-0.05, 0) is 47.5 Å². The van der Waals surface area contributed by atoms with Crippen LogP contribution < -0.4 is 10.6 Å². The molecule has 1 rings (SSSR count). The molecule has 0 atom stereocenters. The second-order valence-electron chi connectivity index (χ2n) is 6.62. The lowest BCUT2D eigenvalue weighted by Gasteiger charge is -2.46. The van der Waals surface area contributed by atoms with Gasteiger partial charge in [0.05, 0.1) is 0 Å². The summed E-state index contributed by atoms with van der Waals surface area (Å²) in [6, 6.07) is 0.465. The second kappa shape index (κ2) is 6.53. The van der Waals surface area contributed by atoms with Crippen molar-refractivity contribution in [1.29, 1.82) is 0 Å². The summed E-state index contributed by atoms with van der Waals surface area (Å²) in [4.78, 5) is 11.2. The first kappa shape index (κ1) is 16.2. The number of esters is 1. The molecular weight excluding hydrogens is 240 g/mol. The maximum Gasteiger partial charge on any atom is 0.330 e. The van der Waals surface area contributed by atoms with E-state index in [0.29, 0.717) is 19.2 Å². The molecule has 110 valence electrons. The minimum atomic E-state index is -0.268. The Labute approximate surface area is 117 Å². The molecule has 0 saturated carbocycles. The first-order valence-electron chi connectivity index (χ1n) is 7.06. The smallest absolute Gasteiger partial charge is 0.330 e. The zero-order chi connectivity index (χ0) is 14.5. The molecule has 19 heavy (non-hydrogen) atoms. The highest BCUT2D eigenvalue weighted by molar-refractivity contribution is 5.81. The van der Waals surface area contributed by atoms with Crippen LogP contribution in [0.25, 0.3) is 0 Å². The number of carbonyl (C=O) groups excluding carboxylic acids is 1. The van der Waals surface area contributed by atoms with Crippen LogP contribution in [0.3, 0.4) is 0 Å². The molecule has 1 aliphatic heterocycles. The van der Waals surface area contributed by atoms with Gasteiger partial charge in [-0.3, -0.25) is 0 Å². The van der Waals surface area contributed by atoms with Crippen molar-refractivity contribution in [3.63, 3.8) is 0 Å². The zero-order valence-corrected chi connectivity index (χ0v) is 12.9. The summed E-state index contributed by atoms with van der Waals surface area (Å²) >= 11 is 0. The first-order chi connectivity index (χ1) is 8.74. The van der Waals surface area contributed by atoms with Crippen molar-refractivity contribution in [3.8, 4) is 0 Å². The number of hydrogen-bond donors (Lipinski definition) is 2. The Bertz CT molecular complexity index is 319. The molecule has 1 saturated heterocycles. The molecule has 0 unspecified atom stereocenters. The van der Waals surface area contributed by atoms with Crippen molar-refractivity contribution in [3.05, 3.63) is 12.2 Å². The molecule has 1 aliphatic rings. The Morgan fingerprint density at radius 2 is 1.89 bits per heavy atom. The van der Waals surface area contributed by atoms with E-state index in [0.717, 1.165) is 12.8 Å². The molecule has 0 aliphatic carbocycles. The van der Waals surface area contributed by atoms with E-state index in [2.05, 4.69) is 38.3 Å². The summed E-state index contributed by atoms with van der Waals surface area (Å²) in [5.74, 6) is -0.268. The fourth-order valence-electron chi connectivity index (χ4n) is 3.07. The van der Waals surface area contributed by atoms with Crippen molar-refractivity contribution >= 4 is 5.97 Å². The van der Waals surface area contributed by atoms with E-state index in [-0.39, 0.29) is 17.0 Å². The largest absolute Gasteiger partial charge is 0.461 e. The van der Waals surface area contributed by atoms with E-state index < -0.39 is 0 Å². The van der Waals surface area contributed by atoms with Gasteiger partial charge in [0.25, 0.3) is 0 Å². The molecule has 0 radical (unpaired) electrons. The normalized spacial score (nSPS) is 22.6. The lowest BCUT2D eigenvalue weighted by molar-refractivity contribution is -0.137. The van der Waals surface area contributed by atoms with Crippen molar-refractivity contribution < 1.29 is 9.53 Å². The lowest BCUT2D eigenvalue weighted by Crippen LogP contribution is -2.61. The third kappa shape index (κ3) is 6.21. The van der Waals surface area contributed by atoms with Crippen molar-refractivity contribution in [2.45, 2.75) is 64.6 Å². The minimum Gasteiger partial charge on any atom is -0.461 e. The molecule has 4 nitrogen and oxygen atoms in total. The summed E-state index contributed by atoms with van der Waals surface area (Å²) in [6.07, 6.45) is 5.29. The molecule has 0 aromatic heterocycles. The molecule has 1 fully saturated rings. The Morgan fingerprint density at radius 3 is 2.42 bits per heavy atom. The van der Waals surface area contributed by atoms with Gasteiger partial charge in [-0.1, -0.05) is 6.08 Å². The highest BCUT2D eigenvalue weighted by Gasteiger charge is 2.37. The number of ether oxygens (including phenoxy) is 1. The van der Waals surface area contributed by atoms with Crippen LogP contribution in [0, 0.1) is 0 Å². The maximum absolute atomic E-state index is 11.2. The average molecular weight is 268 g/mol. The molecule has 0 aromatic rings. The van der Waals surface area contributed by atoms with E-state index >= 15 is 0 Å². The van der Waals surface area contributed by atoms with Crippen LogP contribution in [0.5, 0.6) is 0 Å². The fraction of sp³-hybridized carbons (Fsp3) is 0.800. The van der Waals surface area contributed by atoms with E-state index in [1.54, 1.807) is 13.0 Å². The maximum atomic E-state index is 11.2. The van der Waals surface area contributed by atoms with Crippen LogP contribution in [0.2, 0.25) is 0 Å². The standard InChI is InChI=1S/C15H28N2O2/c1-6-7-13(18)19-9-8-16-12-10-14(2,3)17-15(4,5)11-12/h6-7,12,16-17H,8-11H2,1-5H3/b7-6+.